The van der Waals surface area contributed by atoms with Crippen LogP contribution < -0.4 is 10.6 Å². The van der Waals surface area contributed by atoms with E-state index in [1.54, 1.807) is 12.1 Å². The molecule has 5 heteroatoms. The lowest BCUT2D eigenvalue weighted by Gasteiger charge is -2.56. The van der Waals surface area contributed by atoms with Gasteiger partial charge in [0.2, 0.25) is 0 Å². The summed E-state index contributed by atoms with van der Waals surface area (Å²) in [7, 11) is 0. The first-order chi connectivity index (χ1) is 14.1. The highest BCUT2D eigenvalue weighted by molar-refractivity contribution is 5.95. The minimum atomic E-state index is -0.256. The van der Waals surface area contributed by atoms with Crippen molar-refractivity contribution in [1.29, 1.82) is 0 Å². The maximum atomic E-state index is 13.4. The Labute approximate surface area is 170 Å². The molecule has 0 radical (unpaired) electrons. The van der Waals surface area contributed by atoms with Gasteiger partial charge in [-0.1, -0.05) is 18.2 Å². The summed E-state index contributed by atoms with van der Waals surface area (Å²) in [6.07, 6.45) is 15.1. The molecule has 1 aromatic rings. The summed E-state index contributed by atoms with van der Waals surface area (Å²) in [5, 5.41) is 6.90. The number of nitrogens with zero attached hydrogens (tertiary/aromatic N) is 1. The maximum Gasteiger partial charge on any atom is 0.270 e. The molecule has 6 aliphatic rings. The van der Waals surface area contributed by atoms with Crippen LogP contribution in [0.4, 0.5) is 4.39 Å². The van der Waals surface area contributed by atoms with Crippen LogP contribution in [-0.2, 0) is 4.79 Å². The molecule has 29 heavy (non-hydrogen) atoms. The van der Waals surface area contributed by atoms with Crippen molar-refractivity contribution >= 4 is 5.91 Å². The first-order valence-electron chi connectivity index (χ1n) is 10.8. The minimum Gasteiger partial charge on any atom is -0.355 e. The van der Waals surface area contributed by atoms with Crippen LogP contribution in [0.5, 0.6) is 0 Å². The number of nitrogens with one attached hydrogen (secondary N) is 2. The standard InChI is InChI=1S/C24H26FN3O/c25-19-6-4-18(5-7-19)22-26-21(20-3-1-2-8-28(20)22)23(29)27-24-12-15-9-16(13-24)11-17(10-15)14-24/h1-8,15-17,22,26H,9-14H2,(H,27,29). The third kappa shape index (κ3) is 2.82. The van der Waals surface area contributed by atoms with Crippen molar-refractivity contribution in [1.82, 2.24) is 15.5 Å². The number of allylic oxidation sites excluding steroid dienone is 3. The van der Waals surface area contributed by atoms with Crippen molar-refractivity contribution in [3.8, 4) is 0 Å². The van der Waals surface area contributed by atoms with Crippen molar-refractivity contribution in [3.63, 3.8) is 0 Å². The lowest BCUT2D eigenvalue weighted by molar-refractivity contribution is -0.123. The Bertz CT molecular complexity index is 910. The second kappa shape index (κ2) is 6.22. The Kier molecular flexibility index (Phi) is 3.71. The Hall–Kier alpha value is -2.56. The van der Waals surface area contributed by atoms with E-state index in [2.05, 4.69) is 15.5 Å². The van der Waals surface area contributed by atoms with Gasteiger partial charge in [-0.2, -0.15) is 0 Å². The molecule has 4 aliphatic carbocycles. The van der Waals surface area contributed by atoms with Gasteiger partial charge in [0.1, 0.15) is 17.7 Å². The van der Waals surface area contributed by atoms with Crippen LogP contribution >= 0.6 is 0 Å². The monoisotopic (exact) mass is 391 g/mol. The van der Waals surface area contributed by atoms with E-state index in [0.717, 1.165) is 48.3 Å². The molecule has 1 unspecified atom stereocenters. The summed E-state index contributed by atoms with van der Waals surface area (Å²) < 4.78 is 13.4. The second-order valence-corrected chi connectivity index (χ2v) is 9.62. The SMILES string of the molecule is O=C(NC12CC3CC(CC(C3)C1)C2)C1=C2C=CC=CN2C(c2ccc(F)cc2)N1. The van der Waals surface area contributed by atoms with Gasteiger partial charge in [0.25, 0.3) is 5.91 Å². The molecule has 4 nitrogen and oxygen atoms in total. The van der Waals surface area contributed by atoms with E-state index in [0.29, 0.717) is 5.70 Å². The fourth-order valence-corrected chi connectivity index (χ4v) is 6.81. The predicted molar refractivity (Wildman–Crippen MR) is 108 cm³/mol. The fraction of sp³-hybridized carbons (Fsp3) is 0.458. The van der Waals surface area contributed by atoms with Gasteiger partial charge >= 0.3 is 0 Å². The molecule has 4 bridgehead atoms. The molecule has 2 aliphatic heterocycles. The van der Waals surface area contributed by atoms with Gasteiger partial charge in [-0.15, -0.1) is 0 Å². The predicted octanol–water partition coefficient (Wildman–Crippen LogP) is 4.11. The lowest BCUT2D eigenvalue weighted by atomic mass is 9.53. The molecule has 4 fully saturated rings. The number of hydrogen-bond acceptors (Lipinski definition) is 3. The number of amides is 1. The third-order valence-corrected chi connectivity index (χ3v) is 7.54. The summed E-state index contributed by atoms with van der Waals surface area (Å²) in [4.78, 5) is 15.5. The zero-order chi connectivity index (χ0) is 19.6. The average molecular weight is 391 g/mol. The van der Waals surface area contributed by atoms with Crippen molar-refractivity contribution < 1.29 is 9.18 Å². The number of fused-ring (bicyclic) bond motifs is 1. The summed E-state index contributed by atoms with van der Waals surface area (Å²) in [5.74, 6) is 2.11. The van der Waals surface area contributed by atoms with Crippen LogP contribution in [0.2, 0.25) is 0 Å². The molecule has 2 N–H and O–H groups in total. The molecule has 0 saturated heterocycles. The van der Waals surface area contributed by atoms with Crippen molar-refractivity contribution in [2.75, 3.05) is 0 Å². The molecule has 0 aromatic heterocycles. The highest BCUT2D eigenvalue weighted by Gasteiger charge is 2.52. The summed E-state index contributed by atoms with van der Waals surface area (Å²) >= 11 is 0. The largest absolute Gasteiger partial charge is 0.355 e. The summed E-state index contributed by atoms with van der Waals surface area (Å²) in [6, 6.07) is 6.48. The van der Waals surface area contributed by atoms with Crippen molar-refractivity contribution in [2.45, 2.75) is 50.2 Å². The van der Waals surface area contributed by atoms with E-state index in [9.17, 15) is 9.18 Å². The van der Waals surface area contributed by atoms with Gasteiger partial charge in [-0.25, -0.2) is 4.39 Å². The number of hydrogen-bond donors (Lipinski definition) is 2. The molecule has 4 saturated carbocycles. The molecule has 1 amide bonds. The average Bonchev–Trinajstić information content (AvgIpc) is 3.07. The maximum absolute atomic E-state index is 13.4. The van der Waals surface area contributed by atoms with E-state index in [-0.39, 0.29) is 23.4 Å². The van der Waals surface area contributed by atoms with Gasteiger partial charge in [-0.05, 0) is 86.1 Å². The minimum absolute atomic E-state index is 0.00323. The van der Waals surface area contributed by atoms with Crippen molar-refractivity contribution in [2.24, 2.45) is 17.8 Å². The molecule has 150 valence electrons. The zero-order valence-electron chi connectivity index (χ0n) is 16.4. The first kappa shape index (κ1) is 17.3. The van der Waals surface area contributed by atoms with Gasteiger partial charge in [0, 0.05) is 11.7 Å². The lowest BCUT2D eigenvalue weighted by Crippen LogP contribution is -2.60. The number of carbonyl (C=O) groups is 1. The molecule has 7 rings (SSSR count). The molecular weight excluding hydrogens is 365 g/mol. The highest BCUT2D eigenvalue weighted by atomic mass is 19.1. The Morgan fingerprint density at radius 1 is 1.03 bits per heavy atom. The van der Waals surface area contributed by atoms with E-state index in [4.69, 9.17) is 0 Å². The molecule has 1 aromatic carbocycles. The topological polar surface area (TPSA) is 44.4 Å². The summed E-state index contributed by atoms with van der Waals surface area (Å²) in [5.41, 5.74) is 2.41. The van der Waals surface area contributed by atoms with Gasteiger partial charge in [0.15, 0.2) is 0 Å². The Morgan fingerprint density at radius 2 is 1.69 bits per heavy atom. The van der Waals surface area contributed by atoms with Crippen LogP contribution in [0.25, 0.3) is 0 Å². The number of rotatable bonds is 3. The second-order valence-electron chi connectivity index (χ2n) is 9.62. The van der Waals surface area contributed by atoms with Gasteiger partial charge in [-0.3, -0.25) is 4.79 Å². The van der Waals surface area contributed by atoms with Crippen LogP contribution in [0.3, 0.4) is 0 Å². The van der Waals surface area contributed by atoms with E-state index >= 15 is 0 Å². The normalized spacial score (nSPS) is 36.4. The van der Waals surface area contributed by atoms with E-state index < -0.39 is 0 Å². The summed E-state index contributed by atoms with van der Waals surface area (Å²) in [6.45, 7) is 0. The molecule has 2 heterocycles. The van der Waals surface area contributed by atoms with Gasteiger partial charge < -0.3 is 15.5 Å². The Balaban J connectivity index is 1.27. The number of halogens is 1. The van der Waals surface area contributed by atoms with Crippen LogP contribution in [-0.4, -0.2) is 16.3 Å². The number of benzene rings is 1. The van der Waals surface area contributed by atoms with Crippen LogP contribution in [0.1, 0.15) is 50.3 Å². The quantitative estimate of drug-likeness (QED) is 0.815. The van der Waals surface area contributed by atoms with Crippen LogP contribution in [0.15, 0.2) is 60.1 Å². The smallest absolute Gasteiger partial charge is 0.270 e. The molecular formula is C24H26FN3O. The Morgan fingerprint density at radius 3 is 2.34 bits per heavy atom. The van der Waals surface area contributed by atoms with Gasteiger partial charge in [0.05, 0.1) is 5.70 Å². The number of carbonyl (C=O) groups excluding carboxylic acids is 1. The van der Waals surface area contributed by atoms with Crippen LogP contribution in [0, 0.1) is 23.6 Å². The zero-order valence-corrected chi connectivity index (χ0v) is 16.4. The fourth-order valence-electron chi connectivity index (χ4n) is 6.81. The third-order valence-electron chi connectivity index (χ3n) is 7.54. The first-order valence-corrected chi connectivity index (χ1v) is 10.8. The molecule has 0 spiro atoms. The van der Waals surface area contributed by atoms with Crippen molar-refractivity contribution in [3.05, 3.63) is 71.5 Å². The van der Waals surface area contributed by atoms with E-state index in [1.165, 1.54) is 31.4 Å². The highest BCUT2D eigenvalue weighted by Crippen LogP contribution is 2.55. The van der Waals surface area contributed by atoms with E-state index in [1.807, 2.05) is 24.4 Å². The molecule has 1 atom stereocenters.